The molecule has 1 heterocycles. The van der Waals surface area contributed by atoms with Crippen molar-refractivity contribution in [3.63, 3.8) is 0 Å². The van der Waals surface area contributed by atoms with Crippen molar-refractivity contribution in [2.75, 3.05) is 18.1 Å². The minimum atomic E-state index is -0.905. The molecule has 8 heteroatoms. The second-order valence-corrected chi connectivity index (χ2v) is 8.95. The summed E-state index contributed by atoms with van der Waals surface area (Å²) in [6, 6.07) is 13.9. The number of nitrogens with zero attached hydrogens (tertiary/aromatic N) is 2. The molecule has 0 spiro atoms. The topological polar surface area (TPSA) is 99.0 Å². The van der Waals surface area contributed by atoms with Gasteiger partial charge in [0.1, 0.15) is 0 Å². The van der Waals surface area contributed by atoms with E-state index in [0.717, 1.165) is 11.3 Å². The first-order chi connectivity index (χ1) is 18.3. The molecule has 0 fully saturated rings. The molecule has 0 amide bonds. The molecule has 38 heavy (non-hydrogen) atoms. The van der Waals surface area contributed by atoms with Crippen LogP contribution in [-0.4, -0.2) is 30.1 Å². The van der Waals surface area contributed by atoms with Crippen LogP contribution in [-0.2, 0) is 19.1 Å². The molecule has 4 rings (SSSR count). The third-order valence-corrected chi connectivity index (χ3v) is 6.72. The van der Waals surface area contributed by atoms with E-state index in [1.165, 1.54) is 12.1 Å². The van der Waals surface area contributed by atoms with E-state index < -0.39 is 22.8 Å². The van der Waals surface area contributed by atoms with Gasteiger partial charge < -0.3 is 14.4 Å². The minimum absolute atomic E-state index is 0.131. The van der Waals surface area contributed by atoms with Gasteiger partial charge in [-0.05, 0) is 51.0 Å². The molecule has 0 aromatic heterocycles. The summed E-state index contributed by atoms with van der Waals surface area (Å²) in [7, 11) is 0. The van der Waals surface area contributed by atoms with E-state index in [1.54, 1.807) is 39.8 Å². The predicted octanol–water partition coefficient (Wildman–Crippen LogP) is 6.08. The number of benzene rings is 2. The van der Waals surface area contributed by atoms with E-state index in [9.17, 15) is 19.7 Å². The summed E-state index contributed by atoms with van der Waals surface area (Å²) in [6.07, 6.45) is 8.23. The maximum atomic E-state index is 13.4. The Kier molecular flexibility index (Phi) is 7.90. The number of ether oxygens (including phenoxy) is 2. The van der Waals surface area contributed by atoms with Crippen molar-refractivity contribution in [2.24, 2.45) is 0 Å². The maximum absolute atomic E-state index is 13.4. The largest absolute Gasteiger partial charge is 0.463 e. The Morgan fingerprint density at radius 2 is 1.42 bits per heavy atom. The predicted molar refractivity (Wildman–Crippen MR) is 144 cm³/mol. The van der Waals surface area contributed by atoms with Gasteiger partial charge in [-0.25, -0.2) is 9.59 Å². The lowest BCUT2D eigenvalue weighted by Gasteiger charge is -2.38. The van der Waals surface area contributed by atoms with E-state index in [4.69, 9.17) is 9.47 Å². The van der Waals surface area contributed by atoms with Crippen LogP contribution in [0.3, 0.4) is 0 Å². The highest BCUT2D eigenvalue weighted by Crippen LogP contribution is 2.45. The number of anilines is 1. The zero-order valence-electron chi connectivity index (χ0n) is 21.8. The molecular formula is C30H30N2O6. The van der Waals surface area contributed by atoms with Crippen molar-refractivity contribution < 1.29 is 24.0 Å². The average molecular weight is 515 g/mol. The molecule has 2 aromatic carbocycles. The Morgan fingerprint density at radius 1 is 0.868 bits per heavy atom. The average Bonchev–Trinajstić information content (AvgIpc) is 3.44. The lowest BCUT2D eigenvalue weighted by atomic mass is 9.79. The Morgan fingerprint density at radius 3 is 1.92 bits per heavy atom. The monoisotopic (exact) mass is 514 g/mol. The number of carbonyl (C=O) groups excluding carboxylic acids is 2. The van der Waals surface area contributed by atoms with Gasteiger partial charge in [0.05, 0.1) is 35.2 Å². The van der Waals surface area contributed by atoms with E-state index in [0.29, 0.717) is 17.0 Å². The van der Waals surface area contributed by atoms with Gasteiger partial charge in [0.25, 0.3) is 5.69 Å². The van der Waals surface area contributed by atoms with Crippen molar-refractivity contribution in [3.05, 3.63) is 117 Å². The highest BCUT2D eigenvalue weighted by atomic mass is 16.6. The smallest absolute Gasteiger partial charge is 0.336 e. The summed E-state index contributed by atoms with van der Waals surface area (Å²) >= 11 is 0. The molecule has 0 saturated heterocycles. The van der Waals surface area contributed by atoms with Crippen molar-refractivity contribution in [1.29, 1.82) is 0 Å². The summed E-state index contributed by atoms with van der Waals surface area (Å²) in [5.41, 5.74) is 3.76. The van der Waals surface area contributed by atoms with Gasteiger partial charge in [0.2, 0.25) is 0 Å². The summed E-state index contributed by atoms with van der Waals surface area (Å²) in [5, 5.41) is 11.5. The van der Waals surface area contributed by atoms with Crippen LogP contribution in [0.5, 0.6) is 0 Å². The van der Waals surface area contributed by atoms with Crippen molar-refractivity contribution in [3.8, 4) is 0 Å². The number of nitro benzene ring substituents is 1. The first-order valence-corrected chi connectivity index (χ1v) is 12.5. The fourth-order valence-electron chi connectivity index (χ4n) is 5.04. The van der Waals surface area contributed by atoms with Crippen LogP contribution in [0.2, 0.25) is 0 Å². The third kappa shape index (κ3) is 5.02. The number of carbonyl (C=O) groups is 2. The quantitative estimate of drug-likeness (QED) is 0.239. The van der Waals surface area contributed by atoms with Crippen LogP contribution in [0.1, 0.15) is 50.7 Å². The third-order valence-electron chi connectivity index (χ3n) is 6.72. The number of rotatable bonds is 8. The maximum Gasteiger partial charge on any atom is 0.336 e. The van der Waals surface area contributed by atoms with E-state index in [2.05, 4.69) is 12.2 Å². The molecular weight excluding hydrogens is 484 g/mol. The number of allylic oxidation sites excluding steroid dienone is 6. The molecule has 0 saturated carbocycles. The zero-order valence-corrected chi connectivity index (χ0v) is 21.8. The fraction of sp³-hybridized carbons (Fsp3) is 0.267. The van der Waals surface area contributed by atoms with Crippen LogP contribution in [0.25, 0.3) is 0 Å². The van der Waals surface area contributed by atoms with Gasteiger partial charge in [-0.15, -0.1) is 0 Å². The normalized spacial score (nSPS) is 15.8. The SMILES string of the molecule is CCOC(=O)C1=C(C)N(c2ccc(C3C=CC=C3)cc2)C(C)=C(C(=O)OCC)C1c1cccc([N+](=O)[O-])c1. The van der Waals surface area contributed by atoms with Crippen LogP contribution in [0.15, 0.2) is 95.4 Å². The van der Waals surface area contributed by atoms with Gasteiger partial charge in [-0.3, -0.25) is 10.1 Å². The highest BCUT2D eigenvalue weighted by Gasteiger charge is 2.41. The van der Waals surface area contributed by atoms with Crippen molar-refractivity contribution >= 4 is 23.3 Å². The van der Waals surface area contributed by atoms with Gasteiger partial charge in [0, 0.05) is 35.1 Å². The van der Waals surface area contributed by atoms with Crippen LogP contribution >= 0.6 is 0 Å². The van der Waals surface area contributed by atoms with Crippen molar-refractivity contribution in [1.82, 2.24) is 0 Å². The Hall–Kier alpha value is -4.46. The lowest BCUT2D eigenvalue weighted by molar-refractivity contribution is -0.384. The summed E-state index contributed by atoms with van der Waals surface area (Å²) in [5.74, 6) is -1.91. The molecule has 2 aliphatic rings. The summed E-state index contributed by atoms with van der Waals surface area (Å²) in [6.45, 7) is 7.25. The van der Waals surface area contributed by atoms with E-state index in [1.807, 2.05) is 41.3 Å². The van der Waals surface area contributed by atoms with Gasteiger partial charge in [0.15, 0.2) is 0 Å². The number of non-ortho nitro benzene ring substituents is 1. The van der Waals surface area contributed by atoms with Gasteiger partial charge >= 0.3 is 11.9 Å². The summed E-state index contributed by atoms with van der Waals surface area (Å²) < 4.78 is 10.9. The second kappa shape index (κ2) is 11.3. The first kappa shape index (κ1) is 26.6. The number of esters is 2. The molecule has 0 atom stereocenters. The molecule has 0 radical (unpaired) electrons. The Balaban J connectivity index is 1.92. The minimum Gasteiger partial charge on any atom is -0.463 e. The Labute approximate surface area is 221 Å². The molecule has 0 unspecified atom stereocenters. The number of hydrogen-bond acceptors (Lipinski definition) is 7. The van der Waals surface area contributed by atoms with Crippen LogP contribution < -0.4 is 4.90 Å². The van der Waals surface area contributed by atoms with Gasteiger partial charge in [-0.1, -0.05) is 48.6 Å². The number of hydrogen-bond donors (Lipinski definition) is 0. The Bertz CT molecular complexity index is 1330. The molecule has 8 nitrogen and oxygen atoms in total. The first-order valence-electron chi connectivity index (χ1n) is 12.5. The van der Waals surface area contributed by atoms with Crippen molar-refractivity contribution in [2.45, 2.75) is 39.5 Å². The molecule has 1 aliphatic carbocycles. The molecule has 2 aromatic rings. The molecule has 196 valence electrons. The van der Waals surface area contributed by atoms with Crippen LogP contribution in [0, 0.1) is 10.1 Å². The zero-order chi connectivity index (χ0) is 27.4. The lowest BCUT2D eigenvalue weighted by Crippen LogP contribution is -2.35. The summed E-state index contributed by atoms with van der Waals surface area (Å²) in [4.78, 5) is 39.7. The number of nitro groups is 1. The second-order valence-electron chi connectivity index (χ2n) is 8.95. The molecule has 0 N–H and O–H groups in total. The molecule has 1 aliphatic heterocycles. The molecule has 0 bridgehead atoms. The van der Waals surface area contributed by atoms with E-state index >= 15 is 0 Å². The highest BCUT2D eigenvalue weighted by molar-refractivity contribution is 6.01. The van der Waals surface area contributed by atoms with E-state index in [-0.39, 0.29) is 36.0 Å². The fourth-order valence-corrected chi connectivity index (χ4v) is 5.04. The van der Waals surface area contributed by atoms with Gasteiger partial charge in [-0.2, -0.15) is 0 Å². The van der Waals surface area contributed by atoms with Crippen LogP contribution in [0.4, 0.5) is 11.4 Å². The standard InChI is InChI=1S/C30H30N2O6/c1-5-37-29(33)26-19(3)31(24-16-14-22(15-17-24)21-10-7-8-11-21)20(4)27(30(34)38-6-2)28(26)23-12-9-13-25(18-23)32(35)36/h7-18,21,28H,5-6H2,1-4H3.